The van der Waals surface area contributed by atoms with Gasteiger partial charge in [0.05, 0.1) is 11.0 Å². The summed E-state index contributed by atoms with van der Waals surface area (Å²) >= 11 is 0. The lowest BCUT2D eigenvalue weighted by molar-refractivity contribution is 0.256. The molecular weight excluding hydrogens is 248 g/mol. The molecule has 0 atom stereocenters. The molecule has 1 fully saturated rings. The zero-order valence-electron chi connectivity index (χ0n) is 12.6. The van der Waals surface area contributed by atoms with Gasteiger partial charge in [-0.05, 0) is 70.4 Å². The van der Waals surface area contributed by atoms with Crippen LogP contribution in [0.1, 0.15) is 38.2 Å². The SMILES string of the molecule is CC(C)Nc1ccc2[nH]cc(C3CCN(C)CC3)c2n1. The molecule has 2 N–H and O–H groups in total. The third kappa shape index (κ3) is 2.66. The highest BCUT2D eigenvalue weighted by molar-refractivity contribution is 5.81. The molecule has 3 heterocycles. The van der Waals surface area contributed by atoms with E-state index in [0.29, 0.717) is 12.0 Å². The van der Waals surface area contributed by atoms with Crippen LogP contribution in [-0.4, -0.2) is 41.0 Å². The van der Waals surface area contributed by atoms with Gasteiger partial charge >= 0.3 is 0 Å². The maximum atomic E-state index is 4.81. The van der Waals surface area contributed by atoms with Gasteiger partial charge in [0.25, 0.3) is 0 Å². The molecule has 1 aliphatic heterocycles. The minimum absolute atomic E-state index is 0.408. The van der Waals surface area contributed by atoms with Crippen LogP contribution in [0.2, 0.25) is 0 Å². The molecule has 2 aromatic rings. The molecule has 2 aromatic heterocycles. The number of piperidine rings is 1. The summed E-state index contributed by atoms with van der Waals surface area (Å²) in [5, 5.41) is 3.39. The van der Waals surface area contributed by atoms with E-state index in [9.17, 15) is 0 Å². The van der Waals surface area contributed by atoms with Crippen molar-refractivity contribution in [3.05, 3.63) is 23.9 Å². The highest BCUT2D eigenvalue weighted by atomic mass is 15.1. The van der Waals surface area contributed by atoms with Gasteiger partial charge in [-0.2, -0.15) is 0 Å². The second-order valence-electron chi connectivity index (χ2n) is 6.21. The highest BCUT2D eigenvalue weighted by Gasteiger charge is 2.21. The number of aromatic nitrogens is 2. The van der Waals surface area contributed by atoms with Crippen molar-refractivity contribution >= 4 is 16.9 Å². The van der Waals surface area contributed by atoms with Crippen molar-refractivity contribution in [1.29, 1.82) is 0 Å². The Labute approximate surface area is 120 Å². The largest absolute Gasteiger partial charge is 0.368 e. The van der Waals surface area contributed by atoms with Crippen LogP contribution >= 0.6 is 0 Å². The van der Waals surface area contributed by atoms with E-state index in [1.165, 1.54) is 31.5 Å². The Balaban J connectivity index is 1.90. The summed E-state index contributed by atoms with van der Waals surface area (Å²) in [6.45, 7) is 6.64. The van der Waals surface area contributed by atoms with Gasteiger partial charge in [-0.3, -0.25) is 0 Å². The predicted molar refractivity (Wildman–Crippen MR) is 84.3 cm³/mol. The van der Waals surface area contributed by atoms with Crippen molar-refractivity contribution in [2.75, 3.05) is 25.5 Å². The van der Waals surface area contributed by atoms with Crippen LogP contribution in [0.25, 0.3) is 11.0 Å². The molecule has 4 nitrogen and oxygen atoms in total. The van der Waals surface area contributed by atoms with Crippen molar-refractivity contribution in [3.63, 3.8) is 0 Å². The lowest BCUT2D eigenvalue weighted by Crippen LogP contribution is -2.29. The monoisotopic (exact) mass is 272 g/mol. The molecule has 0 radical (unpaired) electrons. The van der Waals surface area contributed by atoms with E-state index < -0.39 is 0 Å². The van der Waals surface area contributed by atoms with Crippen molar-refractivity contribution in [1.82, 2.24) is 14.9 Å². The van der Waals surface area contributed by atoms with Crippen molar-refractivity contribution in [2.24, 2.45) is 0 Å². The minimum atomic E-state index is 0.408. The smallest absolute Gasteiger partial charge is 0.126 e. The maximum Gasteiger partial charge on any atom is 0.126 e. The highest BCUT2D eigenvalue weighted by Crippen LogP contribution is 2.32. The van der Waals surface area contributed by atoms with E-state index in [4.69, 9.17) is 4.98 Å². The average molecular weight is 272 g/mol. The fraction of sp³-hybridized carbons (Fsp3) is 0.562. The Morgan fingerprint density at radius 2 is 2.05 bits per heavy atom. The number of nitrogens with zero attached hydrogens (tertiary/aromatic N) is 2. The maximum absolute atomic E-state index is 4.81. The van der Waals surface area contributed by atoms with E-state index in [1.54, 1.807) is 0 Å². The second kappa shape index (κ2) is 5.44. The van der Waals surface area contributed by atoms with E-state index in [2.05, 4.69) is 54.4 Å². The molecule has 0 unspecified atom stereocenters. The number of hydrogen-bond donors (Lipinski definition) is 2. The number of rotatable bonds is 3. The topological polar surface area (TPSA) is 44.0 Å². The fourth-order valence-corrected chi connectivity index (χ4v) is 3.03. The summed E-state index contributed by atoms with van der Waals surface area (Å²) in [5.74, 6) is 1.61. The van der Waals surface area contributed by atoms with Gasteiger partial charge in [0.15, 0.2) is 0 Å². The molecule has 0 saturated carbocycles. The predicted octanol–water partition coefficient (Wildman–Crippen LogP) is 3.19. The van der Waals surface area contributed by atoms with Gasteiger partial charge in [-0.15, -0.1) is 0 Å². The Morgan fingerprint density at radius 1 is 1.30 bits per heavy atom. The Morgan fingerprint density at radius 3 is 2.75 bits per heavy atom. The van der Waals surface area contributed by atoms with Crippen LogP contribution in [0, 0.1) is 0 Å². The van der Waals surface area contributed by atoms with Crippen LogP contribution in [-0.2, 0) is 0 Å². The van der Waals surface area contributed by atoms with Crippen molar-refractivity contribution in [2.45, 2.75) is 38.6 Å². The first-order valence-corrected chi connectivity index (χ1v) is 7.56. The molecule has 0 aromatic carbocycles. The molecule has 0 bridgehead atoms. The summed E-state index contributed by atoms with van der Waals surface area (Å²) in [5.41, 5.74) is 3.68. The normalized spacial score (nSPS) is 18.0. The summed E-state index contributed by atoms with van der Waals surface area (Å²) < 4.78 is 0. The van der Waals surface area contributed by atoms with Gasteiger partial charge in [0, 0.05) is 12.2 Å². The van der Waals surface area contributed by atoms with E-state index in [0.717, 1.165) is 16.9 Å². The Kier molecular flexibility index (Phi) is 3.66. The van der Waals surface area contributed by atoms with Crippen LogP contribution < -0.4 is 5.32 Å². The quantitative estimate of drug-likeness (QED) is 0.902. The Hall–Kier alpha value is -1.55. The standard InChI is InChI=1S/C16H24N4/c1-11(2)18-15-5-4-14-16(19-15)13(10-17-14)12-6-8-20(3)9-7-12/h4-5,10-12,17H,6-9H2,1-3H3,(H,18,19). The summed E-state index contributed by atoms with van der Waals surface area (Å²) in [7, 11) is 2.20. The van der Waals surface area contributed by atoms with Crippen LogP contribution in [0.5, 0.6) is 0 Å². The minimum Gasteiger partial charge on any atom is -0.368 e. The average Bonchev–Trinajstić information content (AvgIpc) is 2.82. The molecule has 3 rings (SSSR count). The van der Waals surface area contributed by atoms with Gasteiger partial charge in [0.1, 0.15) is 5.82 Å². The molecule has 108 valence electrons. The van der Waals surface area contributed by atoms with Gasteiger partial charge in [-0.25, -0.2) is 4.98 Å². The molecule has 20 heavy (non-hydrogen) atoms. The van der Waals surface area contributed by atoms with Crippen molar-refractivity contribution < 1.29 is 0 Å². The number of anilines is 1. The summed E-state index contributed by atoms with van der Waals surface area (Å²) in [4.78, 5) is 10.6. The number of H-pyrrole nitrogens is 1. The zero-order valence-corrected chi connectivity index (χ0v) is 12.6. The molecular formula is C16H24N4. The zero-order chi connectivity index (χ0) is 14.1. The number of aromatic amines is 1. The number of hydrogen-bond acceptors (Lipinski definition) is 3. The van der Waals surface area contributed by atoms with E-state index in [1.807, 2.05) is 0 Å². The number of pyridine rings is 1. The third-order valence-corrected chi connectivity index (χ3v) is 4.15. The van der Waals surface area contributed by atoms with Crippen LogP contribution in [0.15, 0.2) is 18.3 Å². The number of nitrogens with one attached hydrogen (secondary N) is 2. The molecule has 1 saturated heterocycles. The van der Waals surface area contributed by atoms with Gasteiger partial charge in [0.2, 0.25) is 0 Å². The fourth-order valence-electron chi connectivity index (χ4n) is 3.03. The van der Waals surface area contributed by atoms with Gasteiger partial charge < -0.3 is 15.2 Å². The number of likely N-dealkylation sites (tertiary alicyclic amines) is 1. The van der Waals surface area contributed by atoms with Crippen LogP contribution in [0.3, 0.4) is 0 Å². The first-order chi connectivity index (χ1) is 9.63. The van der Waals surface area contributed by atoms with E-state index in [-0.39, 0.29) is 0 Å². The lowest BCUT2D eigenvalue weighted by Gasteiger charge is -2.28. The lowest BCUT2D eigenvalue weighted by atomic mass is 9.91. The third-order valence-electron chi connectivity index (χ3n) is 4.15. The molecule has 0 amide bonds. The molecule has 0 spiro atoms. The Bertz CT molecular complexity index is 579. The first kappa shape index (κ1) is 13.4. The van der Waals surface area contributed by atoms with Crippen molar-refractivity contribution in [3.8, 4) is 0 Å². The molecule has 1 aliphatic rings. The molecule has 0 aliphatic carbocycles. The summed E-state index contributed by atoms with van der Waals surface area (Å²) in [6, 6.07) is 4.59. The molecule has 4 heteroatoms. The second-order valence-corrected chi connectivity index (χ2v) is 6.21. The van der Waals surface area contributed by atoms with Crippen LogP contribution in [0.4, 0.5) is 5.82 Å². The van der Waals surface area contributed by atoms with E-state index >= 15 is 0 Å². The number of fused-ring (bicyclic) bond motifs is 1. The summed E-state index contributed by atoms with van der Waals surface area (Å²) in [6.07, 6.45) is 4.62. The first-order valence-electron chi connectivity index (χ1n) is 7.56. The van der Waals surface area contributed by atoms with Gasteiger partial charge in [-0.1, -0.05) is 0 Å².